The Balaban J connectivity index is 1.09. The average molecular weight is 600 g/mol. The highest BCUT2D eigenvalue weighted by molar-refractivity contribution is 6.16. The second-order valence-electron chi connectivity index (χ2n) is 11.1. The molecule has 3 aromatic carbocycles. The summed E-state index contributed by atoms with van der Waals surface area (Å²) in [4.78, 5) is 30.5. The quantitative estimate of drug-likeness (QED) is 0.245. The Hall–Kier alpha value is -4.90. The molecule has 226 valence electrons. The lowest BCUT2D eigenvalue weighted by Crippen LogP contribution is -2.35. The summed E-state index contributed by atoms with van der Waals surface area (Å²) in [7, 11) is 0. The zero-order chi connectivity index (χ0) is 30.3. The fourth-order valence-electron chi connectivity index (χ4n) is 5.33. The van der Waals surface area contributed by atoms with Crippen LogP contribution in [0.4, 0.5) is 15.8 Å². The number of fused-ring (bicyclic) bond motifs is 3. The van der Waals surface area contributed by atoms with Crippen LogP contribution in [0.5, 0.6) is 28.7 Å². The van der Waals surface area contributed by atoms with Gasteiger partial charge in [-0.05, 0) is 50.1 Å². The minimum Gasteiger partial charge on any atom is -0.485 e. The van der Waals surface area contributed by atoms with Gasteiger partial charge < -0.3 is 34.3 Å². The summed E-state index contributed by atoms with van der Waals surface area (Å²) in [5.74, 6) is 0.0232. The lowest BCUT2D eigenvalue weighted by atomic mass is 10.0. The molecule has 1 aliphatic carbocycles. The molecular formula is C33H30FN3O7. The van der Waals surface area contributed by atoms with Crippen LogP contribution in [-0.4, -0.2) is 49.3 Å². The molecule has 4 aromatic rings. The SMILES string of the molecule is Cc1ccc(NC(=O)C2(C(=O)Nc3ccc(Oc4ccnc5cc(OC6CCOC6)c6c(c45)OCCO6)c(F)c3)CC2)cc1. The molecule has 44 heavy (non-hydrogen) atoms. The van der Waals surface area contributed by atoms with E-state index >= 15 is 4.39 Å². The molecule has 1 saturated carbocycles. The maximum atomic E-state index is 15.3. The summed E-state index contributed by atoms with van der Waals surface area (Å²) in [6, 6.07) is 14.8. The average Bonchev–Trinajstić information content (AvgIpc) is 3.69. The molecule has 0 radical (unpaired) electrons. The van der Waals surface area contributed by atoms with Gasteiger partial charge in [0.2, 0.25) is 17.6 Å². The van der Waals surface area contributed by atoms with Crippen molar-refractivity contribution in [2.24, 2.45) is 5.41 Å². The van der Waals surface area contributed by atoms with Crippen molar-refractivity contribution in [2.75, 3.05) is 37.1 Å². The first-order valence-corrected chi connectivity index (χ1v) is 14.5. The van der Waals surface area contributed by atoms with Gasteiger partial charge in [-0.2, -0.15) is 0 Å². The molecule has 3 aliphatic rings. The molecule has 2 N–H and O–H groups in total. The minimum absolute atomic E-state index is 0.0670. The van der Waals surface area contributed by atoms with E-state index < -0.39 is 17.1 Å². The molecule has 3 heterocycles. The number of carbonyl (C=O) groups is 2. The Morgan fingerprint density at radius 2 is 1.61 bits per heavy atom. The van der Waals surface area contributed by atoms with Crippen molar-refractivity contribution in [2.45, 2.75) is 32.3 Å². The van der Waals surface area contributed by atoms with Crippen molar-refractivity contribution in [3.63, 3.8) is 0 Å². The Morgan fingerprint density at radius 1 is 0.886 bits per heavy atom. The van der Waals surface area contributed by atoms with Gasteiger partial charge in [-0.3, -0.25) is 14.6 Å². The smallest absolute Gasteiger partial charge is 0.240 e. The topological polar surface area (TPSA) is 117 Å². The number of nitrogens with one attached hydrogen (secondary N) is 2. The number of hydrogen-bond acceptors (Lipinski definition) is 8. The number of aromatic nitrogens is 1. The standard InChI is InChI=1S/C33H30FN3O7/c1-19-2-4-20(5-3-19)36-31(38)33(10-11-33)32(39)37-21-6-7-25(23(34)16-21)44-26-8-12-35-24-17-27(43-22-9-13-40-18-22)29-30(28(24)26)42-15-14-41-29/h2-8,12,16-17,22H,9-11,13-15,18H2,1H3,(H,36,38)(H,37,39). The van der Waals surface area contributed by atoms with Gasteiger partial charge in [0.1, 0.15) is 30.5 Å². The third kappa shape index (κ3) is 5.35. The number of anilines is 2. The van der Waals surface area contributed by atoms with Crippen LogP contribution in [0.15, 0.2) is 60.8 Å². The molecule has 1 unspecified atom stereocenters. The summed E-state index contributed by atoms with van der Waals surface area (Å²) in [6.07, 6.45) is 3.03. The van der Waals surface area contributed by atoms with Crippen molar-refractivity contribution < 1.29 is 37.7 Å². The van der Waals surface area contributed by atoms with Gasteiger partial charge in [0.15, 0.2) is 23.1 Å². The van der Waals surface area contributed by atoms with Crippen molar-refractivity contribution in [1.29, 1.82) is 0 Å². The highest BCUT2D eigenvalue weighted by Gasteiger charge is 2.56. The van der Waals surface area contributed by atoms with Crippen LogP contribution < -0.4 is 29.6 Å². The van der Waals surface area contributed by atoms with Crippen molar-refractivity contribution >= 4 is 34.1 Å². The van der Waals surface area contributed by atoms with E-state index in [1.54, 1.807) is 30.5 Å². The third-order valence-corrected chi connectivity index (χ3v) is 7.96. The first-order valence-electron chi connectivity index (χ1n) is 14.5. The molecule has 2 fully saturated rings. The van der Waals surface area contributed by atoms with Gasteiger partial charge in [-0.15, -0.1) is 0 Å². The molecule has 2 amide bonds. The monoisotopic (exact) mass is 599 g/mol. The van der Waals surface area contributed by atoms with E-state index in [0.29, 0.717) is 78.9 Å². The van der Waals surface area contributed by atoms with Crippen molar-refractivity contribution in [3.05, 3.63) is 72.2 Å². The minimum atomic E-state index is -1.19. The number of hydrogen-bond donors (Lipinski definition) is 2. The van der Waals surface area contributed by atoms with Gasteiger partial charge in [0.05, 0.1) is 24.1 Å². The number of benzene rings is 3. The number of aryl methyl sites for hydroxylation is 1. The third-order valence-electron chi connectivity index (χ3n) is 7.96. The number of rotatable bonds is 8. The maximum absolute atomic E-state index is 15.3. The van der Waals surface area contributed by atoms with Crippen LogP contribution in [0.1, 0.15) is 24.8 Å². The lowest BCUT2D eigenvalue weighted by molar-refractivity contribution is -0.131. The molecule has 0 bridgehead atoms. The summed E-state index contributed by atoms with van der Waals surface area (Å²) < 4.78 is 44.9. The Labute approximate surface area is 252 Å². The van der Waals surface area contributed by atoms with Gasteiger partial charge in [0.25, 0.3) is 0 Å². The highest BCUT2D eigenvalue weighted by atomic mass is 19.1. The second-order valence-corrected chi connectivity index (χ2v) is 11.1. The van der Waals surface area contributed by atoms with Crippen molar-refractivity contribution in [3.8, 4) is 28.7 Å². The van der Waals surface area contributed by atoms with Crippen LogP contribution in [0.3, 0.4) is 0 Å². The number of pyridine rings is 1. The van der Waals surface area contributed by atoms with E-state index in [4.69, 9.17) is 23.7 Å². The first-order chi connectivity index (χ1) is 21.4. The van der Waals surface area contributed by atoms with E-state index in [9.17, 15) is 9.59 Å². The van der Waals surface area contributed by atoms with Crippen molar-refractivity contribution in [1.82, 2.24) is 4.98 Å². The zero-order valence-electron chi connectivity index (χ0n) is 24.0. The summed E-state index contributed by atoms with van der Waals surface area (Å²) in [6.45, 7) is 3.74. The summed E-state index contributed by atoms with van der Waals surface area (Å²) >= 11 is 0. The Morgan fingerprint density at radius 3 is 2.32 bits per heavy atom. The summed E-state index contributed by atoms with van der Waals surface area (Å²) in [5.41, 5.74) is 1.22. The zero-order valence-corrected chi connectivity index (χ0v) is 24.0. The fraction of sp³-hybridized carbons (Fsp3) is 0.303. The number of carbonyl (C=O) groups excluding carboxylic acids is 2. The normalized spacial score (nSPS) is 18.0. The summed E-state index contributed by atoms with van der Waals surface area (Å²) in [5, 5.41) is 6.02. The second kappa shape index (κ2) is 11.3. The van der Waals surface area contributed by atoms with Crippen LogP contribution in [0, 0.1) is 18.2 Å². The molecule has 10 nitrogen and oxygen atoms in total. The number of amides is 2. The predicted molar refractivity (Wildman–Crippen MR) is 159 cm³/mol. The van der Waals surface area contributed by atoms with Crippen LogP contribution in [0.2, 0.25) is 0 Å². The van der Waals surface area contributed by atoms with Gasteiger partial charge in [-0.1, -0.05) is 17.7 Å². The van der Waals surface area contributed by atoms with Crippen LogP contribution in [-0.2, 0) is 14.3 Å². The molecule has 0 spiro atoms. The van der Waals surface area contributed by atoms with Gasteiger partial charge in [0, 0.05) is 36.1 Å². The molecule has 7 rings (SSSR count). The molecule has 2 aliphatic heterocycles. The van der Waals surface area contributed by atoms with E-state index in [0.717, 1.165) is 18.1 Å². The lowest BCUT2D eigenvalue weighted by Gasteiger charge is -2.24. The largest absolute Gasteiger partial charge is 0.485 e. The van der Waals surface area contributed by atoms with E-state index in [-0.39, 0.29) is 23.4 Å². The molecule has 11 heteroatoms. The number of nitrogens with zero attached hydrogens (tertiary/aromatic N) is 1. The molecule has 1 aromatic heterocycles. The van der Waals surface area contributed by atoms with Crippen LogP contribution >= 0.6 is 0 Å². The Kier molecular flexibility index (Phi) is 7.17. The number of ether oxygens (including phenoxy) is 5. The molecular weight excluding hydrogens is 569 g/mol. The van der Waals surface area contributed by atoms with E-state index in [1.807, 2.05) is 19.1 Å². The number of halogens is 1. The van der Waals surface area contributed by atoms with Gasteiger partial charge >= 0.3 is 0 Å². The first kappa shape index (κ1) is 27.9. The predicted octanol–water partition coefficient (Wildman–Crippen LogP) is 5.77. The van der Waals surface area contributed by atoms with Crippen LogP contribution in [0.25, 0.3) is 10.9 Å². The maximum Gasteiger partial charge on any atom is 0.240 e. The Bertz CT molecular complexity index is 1750. The molecule has 1 saturated heterocycles. The van der Waals surface area contributed by atoms with Gasteiger partial charge in [-0.25, -0.2) is 4.39 Å². The van der Waals surface area contributed by atoms with E-state index in [2.05, 4.69) is 15.6 Å². The van der Waals surface area contributed by atoms with E-state index in [1.165, 1.54) is 12.1 Å². The fourth-order valence-corrected chi connectivity index (χ4v) is 5.33. The molecule has 1 atom stereocenters. The highest BCUT2D eigenvalue weighted by Crippen LogP contribution is 2.50.